The van der Waals surface area contributed by atoms with E-state index < -0.39 is 5.60 Å². The highest BCUT2D eigenvalue weighted by molar-refractivity contribution is 4.95. The zero-order chi connectivity index (χ0) is 9.24. The minimum absolute atomic E-state index is 0.134. The Bertz CT molecular complexity index is 145. The van der Waals surface area contributed by atoms with Crippen LogP contribution in [0, 0.1) is 5.41 Å². The minimum Gasteiger partial charge on any atom is -0.390 e. The van der Waals surface area contributed by atoms with Gasteiger partial charge in [-0.2, -0.15) is 0 Å². The fraction of sp³-hybridized carbons (Fsp3) is 1.00. The van der Waals surface area contributed by atoms with E-state index in [1.54, 1.807) is 0 Å². The zero-order valence-corrected chi connectivity index (χ0v) is 7.97. The van der Waals surface area contributed by atoms with E-state index in [0.29, 0.717) is 6.54 Å². The van der Waals surface area contributed by atoms with Crippen molar-refractivity contribution in [1.29, 1.82) is 0 Å². The van der Waals surface area contributed by atoms with Gasteiger partial charge < -0.3 is 15.6 Å². The highest BCUT2D eigenvalue weighted by Gasteiger charge is 2.43. The molecule has 1 heterocycles. The lowest BCUT2D eigenvalue weighted by atomic mass is 9.68. The summed E-state index contributed by atoms with van der Waals surface area (Å²) >= 11 is 0. The van der Waals surface area contributed by atoms with E-state index in [-0.39, 0.29) is 5.41 Å². The fourth-order valence-corrected chi connectivity index (χ4v) is 1.83. The second-order valence-corrected chi connectivity index (χ2v) is 4.16. The number of nitrogens with two attached hydrogens (primary N) is 1. The topological polar surface area (TPSA) is 55.5 Å². The number of rotatable bonds is 2. The van der Waals surface area contributed by atoms with E-state index >= 15 is 0 Å². The first kappa shape index (κ1) is 9.96. The molecule has 0 bridgehead atoms. The van der Waals surface area contributed by atoms with Gasteiger partial charge in [-0.1, -0.05) is 0 Å². The van der Waals surface area contributed by atoms with Crippen LogP contribution < -0.4 is 5.73 Å². The predicted molar refractivity (Wildman–Crippen MR) is 47.8 cm³/mol. The van der Waals surface area contributed by atoms with Gasteiger partial charge in [-0.05, 0) is 26.7 Å². The summed E-state index contributed by atoms with van der Waals surface area (Å²) in [5, 5.41) is 9.96. The van der Waals surface area contributed by atoms with Crippen LogP contribution in [0.2, 0.25) is 0 Å². The van der Waals surface area contributed by atoms with Crippen molar-refractivity contribution in [3.8, 4) is 0 Å². The molecule has 1 saturated heterocycles. The highest BCUT2D eigenvalue weighted by atomic mass is 16.5. The Morgan fingerprint density at radius 2 is 1.92 bits per heavy atom. The number of hydrogen-bond acceptors (Lipinski definition) is 3. The van der Waals surface area contributed by atoms with Gasteiger partial charge in [0.15, 0.2) is 0 Å². The Morgan fingerprint density at radius 3 is 2.17 bits per heavy atom. The van der Waals surface area contributed by atoms with Gasteiger partial charge in [-0.15, -0.1) is 0 Å². The van der Waals surface area contributed by atoms with Gasteiger partial charge in [0.2, 0.25) is 0 Å². The molecule has 1 fully saturated rings. The van der Waals surface area contributed by atoms with Crippen molar-refractivity contribution in [2.75, 3.05) is 19.8 Å². The summed E-state index contributed by atoms with van der Waals surface area (Å²) in [7, 11) is 0. The molecule has 0 saturated carbocycles. The van der Waals surface area contributed by atoms with Gasteiger partial charge >= 0.3 is 0 Å². The molecule has 3 nitrogen and oxygen atoms in total. The summed E-state index contributed by atoms with van der Waals surface area (Å²) in [6.07, 6.45) is 1.74. The number of aliphatic hydroxyl groups is 1. The quantitative estimate of drug-likeness (QED) is 0.640. The van der Waals surface area contributed by atoms with Gasteiger partial charge in [0.05, 0.1) is 5.60 Å². The van der Waals surface area contributed by atoms with Crippen LogP contribution in [0.4, 0.5) is 0 Å². The molecule has 0 aliphatic carbocycles. The van der Waals surface area contributed by atoms with Crippen LogP contribution in [0.25, 0.3) is 0 Å². The third kappa shape index (κ3) is 1.63. The van der Waals surface area contributed by atoms with Gasteiger partial charge in [0.25, 0.3) is 0 Å². The largest absolute Gasteiger partial charge is 0.390 e. The molecule has 0 spiro atoms. The number of ether oxygens (including phenoxy) is 1. The molecule has 0 amide bonds. The average molecular weight is 173 g/mol. The second kappa shape index (κ2) is 3.32. The van der Waals surface area contributed by atoms with Crippen molar-refractivity contribution in [3.05, 3.63) is 0 Å². The molecule has 0 unspecified atom stereocenters. The van der Waals surface area contributed by atoms with Crippen LogP contribution in [0.1, 0.15) is 26.7 Å². The van der Waals surface area contributed by atoms with Crippen LogP contribution in [0.3, 0.4) is 0 Å². The van der Waals surface area contributed by atoms with Crippen LogP contribution in [-0.2, 0) is 4.74 Å². The predicted octanol–water partition coefficient (Wildman–Crippen LogP) is 0.513. The maximum absolute atomic E-state index is 9.96. The van der Waals surface area contributed by atoms with E-state index in [4.69, 9.17) is 10.5 Å². The number of hydrogen-bond donors (Lipinski definition) is 2. The first-order valence-electron chi connectivity index (χ1n) is 4.52. The van der Waals surface area contributed by atoms with Crippen molar-refractivity contribution in [2.24, 2.45) is 11.1 Å². The molecule has 0 atom stereocenters. The van der Waals surface area contributed by atoms with Crippen LogP contribution in [0.15, 0.2) is 0 Å². The SMILES string of the molecule is CC(C)(O)C1(CN)CCOCC1. The molecule has 72 valence electrons. The van der Waals surface area contributed by atoms with Gasteiger partial charge in [0.1, 0.15) is 0 Å². The Labute approximate surface area is 73.9 Å². The highest BCUT2D eigenvalue weighted by Crippen LogP contribution is 2.39. The lowest BCUT2D eigenvalue weighted by Crippen LogP contribution is -2.51. The van der Waals surface area contributed by atoms with Gasteiger partial charge in [-0.3, -0.25) is 0 Å². The zero-order valence-electron chi connectivity index (χ0n) is 7.97. The first-order chi connectivity index (χ1) is 5.52. The van der Waals surface area contributed by atoms with Crippen molar-refractivity contribution in [2.45, 2.75) is 32.3 Å². The first-order valence-corrected chi connectivity index (χ1v) is 4.52. The summed E-state index contributed by atoms with van der Waals surface area (Å²) in [6, 6.07) is 0. The molecule has 3 heteroatoms. The van der Waals surface area contributed by atoms with Crippen molar-refractivity contribution >= 4 is 0 Å². The summed E-state index contributed by atoms with van der Waals surface area (Å²) < 4.78 is 5.26. The molecular formula is C9H19NO2. The van der Waals surface area contributed by atoms with E-state index in [9.17, 15) is 5.11 Å². The molecule has 1 aliphatic rings. The fourth-order valence-electron chi connectivity index (χ4n) is 1.83. The van der Waals surface area contributed by atoms with Crippen molar-refractivity contribution in [1.82, 2.24) is 0 Å². The molecule has 0 aromatic heterocycles. The molecule has 12 heavy (non-hydrogen) atoms. The Kier molecular flexibility index (Phi) is 2.76. The summed E-state index contributed by atoms with van der Waals surface area (Å²) in [4.78, 5) is 0. The molecule has 0 aromatic rings. The Hall–Kier alpha value is -0.120. The standard InChI is InChI=1S/C9H19NO2/c1-8(2,11)9(7-10)3-5-12-6-4-9/h11H,3-7,10H2,1-2H3. The maximum atomic E-state index is 9.96. The lowest BCUT2D eigenvalue weighted by molar-refractivity contribution is -0.107. The summed E-state index contributed by atoms with van der Waals surface area (Å²) in [5.74, 6) is 0. The van der Waals surface area contributed by atoms with Gasteiger partial charge in [-0.25, -0.2) is 0 Å². The molecule has 1 aliphatic heterocycles. The summed E-state index contributed by atoms with van der Waals surface area (Å²) in [5.41, 5.74) is 4.89. The third-order valence-corrected chi connectivity index (χ3v) is 3.14. The van der Waals surface area contributed by atoms with Crippen LogP contribution >= 0.6 is 0 Å². The van der Waals surface area contributed by atoms with Crippen LogP contribution in [-0.4, -0.2) is 30.5 Å². The molecule has 1 rings (SSSR count). The van der Waals surface area contributed by atoms with E-state index in [1.165, 1.54) is 0 Å². The summed E-state index contributed by atoms with van der Waals surface area (Å²) in [6.45, 7) is 5.67. The Balaban J connectivity index is 2.73. The molecule has 0 aromatic carbocycles. The second-order valence-electron chi connectivity index (χ2n) is 4.16. The lowest BCUT2D eigenvalue weighted by Gasteiger charge is -2.45. The van der Waals surface area contributed by atoms with Crippen molar-refractivity contribution in [3.63, 3.8) is 0 Å². The Morgan fingerprint density at radius 1 is 1.42 bits per heavy atom. The van der Waals surface area contributed by atoms with E-state index in [0.717, 1.165) is 26.1 Å². The van der Waals surface area contributed by atoms with E-state index in [1.807, 2.05) is 13.8 Å². The average Bonchev–Trinajstić information content (AvgIpc) is 2.04. The monoisotopic (exact) mass is 173 g/mol. The van der Waals surface area contributed by atoms with Crippen molar-refractivity contribution < 1.29 is 9.84 Å². The van der Waals surface area contributed by atoms with E-state index in [2.05, 4.69) is 0 Å². The minimum atomic E-state index is -0.689. The smallest absolute Gasteiger partial charge is 0.0661 e. The normalized spacial score (nSPS) is 24.0. The molecular weight excluding hydrogens is 154 g/mol. The van der Waals surface area contributed by atoms with Crippen LogP contribution in [0.5, 0.6) is 0 Å². The molecule has 0 radical (unpaired) electrons. The van der Waals surface area contributed by atoms with Gasteiger partial charge in [0, 0.05) is 25.2 Å². The molecule has 3 N–H and O–H groups in total. The third-order valence-electron chi connectivity index (χ3n) is 3.14. The maximum Gasteiger partial charge on any atom is 0.0661 e.